The van der Waals surface area contributed by atoms with Crippen molar-refractivity contribution in [1.82, 2.24) is 14.4 Å². The maximum Gasteiger partial charge on any atom is 0.341 e. The molecule has 2 aromatic carbocycles. The number of hydrogen-bond donors (Lipinski definition) is 1. The van der Waals surface area contributed by atoms with Gasteiger partial charge in [0.25, 0.3) is 0 Å². The zero-order valence-corrected chi connectivity index (χ0v) is 23.9. The van der Waals surface area contributed by atoms with Crippen LogP contribution >= 0.6 is 0 Å². The first-order valence-electron chi connectivity index (χ1n) is 13.8. The van der Waals surface area contributed by atoms with Crippen molar-refractivity contribution in [2.45, 2.75) is 39.8 Å². The highest BCUT2D eigenvalue weighted by atomic mass is 19.1. The molecule has 0 bridgehead atoms. The van der Waals surface area contributed by atoms with E-state index in [9.17, 15) is 24.3 Å². The standard InChI is InChI=1S/C30H33F2N5O5/c1-17-14-33(7-9-35(17)19(3)38)21-5-6-26(24(31)11-21)37-16-23(30(41)42)29(40)22-12-25(32)28(13-27(22)37)34-8-10-36(20(4)39)18(2)15-34/h5-6,11-13,16-18H,7-10,14-15H2,1-4H3,(H,41,42). The number of halogens is 2. The van der Waals surface area contributed by atoms with Crippen LogP contribution in [0.3, 0.4) is 0 Å². The summed E-state index contributed by atoms with van der Waals surface area (Å²) in [5.74, 6) is -2.99. The van der Waals surface area contributed by atoms with Crippen molar-refractivity contribution in [3.05, 3.63) is 63.9 Å². The molecular formula is C30H33F2N5O5. The summed E-state index contributed by atoms with van der Waals surface area (Å²) in [6.07, 6.45) is 1.07. The molecule has 3 heterocycles. The Labute approximate surface area is 241 Å². The summed E-state index contributed by atoms with van der Waals surface area (Å²) >= 11 is 0. The molecule has 2 saturated heterocycles. The van der Waals surface area contributed by atoms with Crippen molar-refractivity contribution >= 4 is 40.1 Å². The smallest absolute Gasteiger partial charge is 0.341 e. The highest BCUT2D eigenvalue weighted by Crippen LogP contribution is 2.31. The largest absolute Gasteiger partial charge is 0.477 e. The van der Waals surface area contributed by atoms with Gasteiger partial charge in [0, 0.05) is 82.5 Å². The Morgan fingerprint density at radius 3 is 1.93 bits per heavy atom. The molecule has 0 saturated carbocycles. The topological polar surface area (TPSA) is 106 Å². The van der Waals surface area contributed by atoms with Crippen molar-refractivity contribution < 1.29 is 28.3 Å². The summed E-state index contributed by atoms with van der Waals surface area (Å²) < 4.78 is 32.5. The Hall–Kier alpha value is -4.48. The van der Waals surface area contributed by atoms with E-state index in [0.717, 1.165) is 12.3 Å². The van der Waals surface area contributed by atoms with E-state index in [4.69, 9.17) is 0 Å². The van der Waals surface area contributed by atoms with Crippen molar-refractivity contribution in [1.29, 1.82) is 0 Å². The van der Waals surface area contributed by atoms with Crippen molar-refractivity contribution in [2.75, 3.05) is 49.1 Å². The van der Waals surface area contributed by atoms with Gasteiger partial charge in [-0.3, -0.25) is 14.4 Å². The first-order valence-corrected chi connectivity index (χ1v) is 13.8. The third-order valence-corrected chi connectivity index (χ3v) is 8.26. The normalized spacial score (nSPS) is 19.4. The number of fused-ring (bicyclic) bond motifs is 1. The van der Waals surface area contributed by atoms with E-state index >= 15 is 8.78 Å². The summed E-state index contributed by atoms with van der Waals surface area (Å²) in [4.78, 5) is 56.0. The van der Waals surface area contributed by atoms with Crippen LogP contribution in [0.25, 0.3) is 16.6 Å². The lowest BCUT2D eigenvalue weighted by atomic mass is 10.1. The van der Waals surface area contributed by atoms with Gasteiger partial charge in [0.15, 0.2) is 0 Å². The summed E-state index contributed by atoms with van der Waals surface area (Å²) in [6.45, 7) is 9.40. The minimum absolute atomic E-state index is 0.00556. The van der Waals surface area contributed by atoms with Crippen molar-refractivity contribution in [2.24, 2.45) is 0 Å². The molecule has 3 aromatic rings. The fourth-order valence-corrected chi connectivity index (χ4v) is 6.12. The number of hydrogen-bond acceptors (Lipinski definition) is 6. The Morgan fingerprint density at radius 1 is 0.810 bits per heavy atom. The van der Waals surface area contributed by atoms with Crippen LogP contribution in [0.4, 0.5) is 20.2 Å². The first-order chi connectivity index (χ1) is 19.9. The average molecular weight is 582 g/mol. The molecule has 2 aliphatic heterocycles. The minimum Gasteiger partial charge on any atom is -0.477 e. The second-order valence-electron chi connectivity index (χ2n) is 11.0. The zero-order chi connectivity index (χ0) is 30.5. The van der Waals surface area contributed by atoms with Crippen LogP contribution in [0.15, 0.2) is 41.3 Å². The molecule has 1 N–H and O–H groups in total. The van der Waals surface area contributed by atoms with Crippen molar-refractivity contribution in [3.8, 4) is 5.69 Å². The van der Waals surface area contributed by atoms with Crippen LogP contribution in [-0.2, 0) is 9.59 Å². The molecule has 12 heteroatoms. The van der Waals surface area contributed by atoms with Gasteiger partial charge in [0.2, 0.25) is 17.2 Å². The van der Waals surface area contributed by atoms with E-state index < -0.39 is 28.6 Å². The van der Waals surface area contributed by atoms with Gasteiger partial charge in [-0.1, -0.05) is 0 Å². The van der Waals surface area contributed by atoms with Gasteiger partial charge in [-0.25, -0.2) is 13.6 Å². The maximum atomic E-state index is 15.8. The zero-order valence-electron chi connectivity index (χ0n) is 23.9. The monoisotopic (exact) mass is 581 g/mol. The fourth-order valence-electron chi connectivity index (χ4n) is 6.12. The Kier molecular flexibility index (Phi) is 7.65. The Balaban J connectivity index is 1.58. The molecule has 0 aliphatic carbocycles. The second-order valence-corrected chi connectivity index (χ2v) is 11.0. The molecule has 10 nitrogen and oxygen atoms in total. The molecule has 5 rings (SSSR count). The van der Waals surface area contributed by atoms with Crippen LogP contribution in [0, 0.1) is 11.6 Å². The van der Waals surface area contributed by atoms with Gasteiger partial charge in [-0.05, 0) is 44.2 Å². The number of pyridine rings is 1. The van der Waals surface area contributed by atoms with E-state index in [2.05, 4.69) is 0 Å². The first kappa shape index (κ1) is 29.0. The Morgan fingerprint density at radius 2 is 1.38 bits per heavy atom. The van der Waals surface area contributed by atoms with E-state index in [1.165, 1.54) is 36.6 Å². The van der Waals surface area contributed by atoms with Crippen LogP contribution in [0.5, 0.6) is 0 Å². The molecule has 42 heavy (non-hydrogen) atoms. The highest BCUT2D eigenvalue weighted by Gasteiger charge is 2.29. The van der Waals surface area contributed by atoms with Gasteiger partial charge in [0.1, 0.15) is 17.2 Å². The molecule has 222 valence electrons. The number of aromatic nitrogens is 1. The van der Waals surface area contributed by atoms with Gasteiger partial charge < -0.3 is 29.3 Å². The van der Waals surface area contributed by atoms with Gasteiger partial charge >= 0.3 is 5.97 Å². The Bertz CT molecular complexity index is 1660. The van der Waals surface area contributed by atoms with Gasteiger partial charge in [-0.15, -0.1) is 0 Å². The van der Waals surface area contributed by atoms with E-state index in [-0.39, 0.29) is 46.2 Å². The number of carboxylic acid groups (broad SMARTS) is 1. The molecule has 2 amide bonds. The molecule has 0 radical (unpaired) electrons. The lowest BCUT2D eigenvalue weighted by molar-refractivity contribution is -0.132. The molecule has 2 fully saturated rings. The second kappa shape index (κ2) is 11.1. The number of nitrogens with zero attached hydrogens (tertiary/aromatic N) is 5. The van der Waals surface area contributed by atoms with Crippen molar-refractivity contribution in [3.63, 3.8) is 0 Å². The molecule has 2 atom stereocenters. The predicted octanol–water partition coefficient (Wildman–Crippen LogP) is 3.08. The highest BCUT2D eigenvalue weighted by molar-refractivity contribution is 5.94. The number of anilines is 2. The number of carbonyl (C=O) groups is 3. The number of rotatable bonds is 4. The number of carbonyl (C=O) groups excluding carboxylic acids is 2. The predicted molar refractivity (Wildman–Crippen MR) is 155 cm³/mol. The van der Waals surface area contributed by atoms with Crippen LogP contribution in [0.1, 0.15) is 38.1 Å². The van der Waals surface area contributed by atoms with Gasteiger partial charge in [-0.2, -0.15) is 0 Å². The quantitative estimate of drug-likeness (QED) is 0.505. The molecular weight excluding hydrogens is 548 g/mol. The SMILES string of the molecule is CC(=O)N1CCN(c2ccc(-n3cc(C(=O)O)c(=O)c4cc(F)c(N5CCN(C(C)=O)C(C)C5)cc43)c(F)c2)CC1C. The fraction of sp³-hybridized carbons (Fsp3) is 0.400. The number of carboxylic acids is 1. The lowest BCUT2D eigenvalue weighted by Crippen LogP contribution is -2.53. The summed E-state index contributed by atoms with van der Waals surface area (Å²) in [7, 11) is 0. The lowest BCUT2D eigenvalue weighted by Gasteiger charge is -2.40. The number of amides is 2. The molecule has 0 spiro atoms. The van der Waals surface area contributed by atoms with E-state index in [1.807, 2.05) is 18.7 Å². The third-order valence-electron chi connectivity index (χ3n) is 8.26. The van der Waals surface area contributed by atoms with Crippen LogP contribution in [0.2, 0.25) is 0 Å². The van der Waals surface area contributed by atoms with E-state index in [0.29, 0.717) is 45.0 Å². The molecule has 2 aliphatic rings. The minimum atomic E-state index is -1.51. The summed E-state index contributed by atoms with van der Waals surface area (Å²) in [5, 5.41) is 9.53. The van der Waals surface area contributed by atoms with Gasteiger partial charge in [0.05, 0.1) is 16.9 Å². The van der Waals surface area contributed by atoms with Crippen LogP contribution < -0.4 is 15.2 Å². The maximum absolute atomic E-state index is 15.8. The summed E-state index contributed by atoms with van der Waals surface area (Å²) in [5.41, 5.74) is -0.575. The van der Waals surface area contributed by atoms with E-state index in [1.54, 1.807) is 20.8 Å². The third kappa shape index (κ3) is 5.17. The molecule has 2 unspecified atom stereocenters. The van der Waals surface area contributed by atoms with Crippen LogP contribution in [-0.4, -0.2) is 88.6 Å². The average Bonchev–Trinajstić information content (AvgIpc) is 2.92. The number of benzene rings is 2. The number of piperazine rings is 2. The summed E-state index contributed by atoms with van der Waals surface area (Å²) in [6, 6.07) is 6.72. The molecule has 1 aromatic heterocycles. The number of aromatic carboxylic acids is 1.